The molecule has 0 N–H and O–H groups in total. The molecule has 6 heteroatoms. The average molecular weight is 329 g/mol. The van der Waals surface area contributed by atoms with E-state index in [0.717, 1.165) is 37.7 Å². The summed E-state index contributed by atoms with van der Waals surface area (Å²) in [6, 6.07) is 13.7. The van der Waals surface area contributed by atoms with Crippen molar-refractivity contribution in [2.24, 2.45) is 0 Å². The summed E-state index contributed by atoms with van der Waals surface area (Å²) in [5.74, 6) is 1.67. The summed E-state index contributed by atoms with van der Waals surface area (Å²) in [7, 11) is 1.67. The molecule has 5 nitrogen and oxygen atoms in total. The van der Waals surface area contributed by atoms with Crippen LogP contribution in [0.25, 0.3) is 0 Å². The summed E-state index contributed by atoms with van der Waals surface area (Å²) < 4.78 is 5.19. The van der Waals surface area contributed by atoms with Crippen molar-refractivity contribution in [1.29, 1.82) is 5.26 Å². The minimum Gasteiger partial charge on any atom is -0.497 e. The number of ether oxygens (including phenoxy) is 1. The minimum atomic E-state index is 0.279. The quantitative estimate of drug-likeness (QED) is 0.867. The van der Waals surface area contributed by atoms with Crippen LogP contribution in [0.3, 0.4) is 0 Å². The molecule has 0 saturated carbocycles. The van der Waals surface area contributed by atoms with Gasteiger partial charge in [0.05, 0.1) is 12.1 Å². The highest BCUT2D eigenvalue weighted by Gasteiger charge is 2.19. The maximum absolute atomic E-state index is 9.04. The summed E-state index contributed by atoms with van der Waals surface area (Å²) in [6.45, 7) is 3.51. The highest BCUT2D eigenvalue weighted by Crippen LogP contribution is 2.23. The van der Waals surface area contributed by atoms with Crippen molar-refractivity contribution in [3.8, 4) is 11.8 Å². The zero-order chi connectivity index (χ0) is 16.2. The molecule has 3 rings (SSSR count). The van der Waals surface area contributed by atoms with Crippen molar-refractivity contribution < 1.29 is 4.74 Å². The molecule has 0 unspecified atom stereocenters. The van der Waals surface area contributed by atoms with E-state index >= 15 is 0 Å². The van der Waals surface area contributed by atoms with E-state index in [1.165, 1.54) is 5.69 Å². The second-order valence-electron chi connectivity index (χ2n) is 5.28. The topological polar surface area (TPSA) is 52.4 Å². The molecule has 0 amide bonds. The van der Waals surface area contributed by atoms with Gasteiger partial charge in [0.1, 0.15) is 17.6 Å². The molecule has 1 saturated heterocycles. The first-order valence-corrected chi connectivity index (χ1v) is 7.79. The van der Waals surface area contributed by atoms with E-state index in [0.29, 0.717) is 5.02 Å². The number of halogens is 1. The molecule has 0 bridgehead atoms. The molecule has 0 atom stereocenters. The first-order chi connectivity index (χ1) is 11.2. The number of benzene rings is 1. The Balaban J connectivity index is 1.67. The second-order valence-corrected chi connectivity index (χ2v) is 5.69. The molecule has 1 aromatic heterocycles. The third-order valence-corrected chi connectivity index (χ3v) is 4.28. The molecule has 1 aliphatic heterocycles. The van der Waals surface area contributed by atoms with E-state index < -0.39 is 0 Å². The van der Waals surface area contributed by atoms with E-state index in [1.54, 1.807) is 13.2 Å². The van der Waals surface area contributed by atoms with Crippen molar-refractivity contribution in [2.45, 2.75) is 0 Å². The lowest BCUT2D eigenvalue weighted by Crippen LogP contribution is -2.46. The molecule has 118 valence electrons. The highest BCUT2D eigenvalue weighted by molar-refractivity contribution is 6.31. The SMILES string of the molecule is COc1ccc(N2CCN(c3ccc(Cl)c(C#N)n3)CC2)cc1. The number of hydrogen-bond donors (Lipinski definition) is 0. The fraction of sp³-hybridized carbons (Fsp3) is 0.294. The van der Waals surface area contributed by atoms with Crippen LogP contribution in [0.15, 0.2) is 36.4 Å². The summed E-state index contributed by atoms with van der Waals surface area (Å²) in [6.07, 6.45) is 0. The van der Waals surface area contributed by atoms with Crippen LogP contribution in [0.2, 0.25) is 5.02 Å². The highest BCUT2D eigenvalue weighted by atomic mass is 35.5. The van der Waals surface area contributed by atoms with Gasteiger partial charge in [0.15, 0.2) is 5.69 Å². The number of hydrogen-bond acceptors (Lipinski definition) is 5. The monoisotopic (exact) mass is 328 g/mol. The minimum absolute atomic E-state index is 0.279. The first-order valence-electron chi connectivity index (χ1n) is 7.42. The Bertz CT molecular complexity index is 718. The molecule has 1 fully saturated rings. The van der Waals surface area contributed by atoms with Gasteiger partial charge in [0.25, 0.3) is 0 Å². The average Bonchev–Trinajstić information content (AvgIpc) is 2.62. The van der Waals surface area contributed by atoms with Crippen LogP contribution in [0.1, 0.15) is 5.69 Å². The summed E-state index contributed by atoms with van der Waals surface area (Å²) in [5, 5.41) is 9.44. The largest absolute Gasteiger partial charge is 0.497 e. The fourth-order valence-electron chi connectivity index (χ4n) is 2.67. The van der Waals surface area contributed by atoms with E-state index in [4.69, 9.17) is 21.6 Å². The van der Waals surface area contributed by atoms with Crippen molar-refractivity contribution in [2.75, 3.05) is 43.1 Å². The van der Waals surface area contributed by atoms with Gasteiger partial charge in [-0.05, 0) is 36.4 Å². The molecule has 2 heterocycles. The molecule has 0 aliphatic carbocycles. The number of aromatic nitrogens is 1. The van der Waals surface area contributed by atoms with Crippen molar-refractivity contribution in [3.05, 3.63) is 47.1 Å². The number of nitriles is 1. The van der Waals surface area contributed by atoms with E-state index in [1.807, 2.05) is 24.3 Å². The van der Waals surface area contributed by atoms with Crippen LogP contribution < -0.4 is 14.5 Å². The van der Waals surface area contributed by atoms with Crippen molar-refractivity contribution >= 4 is 23.1 Å². The third-order valence-electron chi connectivity index (χ3n) is 3.98. The van der Waals surface area contributed by atoms with Crippen LogP contribution in [0, 0.1) is 11.3 Å². The third kappa shape index (κ3) is 3.33. The smallest absolute Gasteiger partial charge is 0.161 e. The predicted octanol–water partition coefficient (Wildman–Crippen LogP) is 2.94. The van der Waals surface area contributed by atoms with Gasteiger partial charge in [0.2, 0.25) is 0 Å². The number of anilines is 2. The molecule has 1 aliphatic rings. The molecule has 1 aromatic carbocycles. The molecule has 0 radical (unpaired) electrons. The second kappa shape index (κ2) is 6.76. The van der Waals surface area contributed by atoms with Crippen molar-refractivity contribution in [1.82, 2.24) is 4.98 Å². The van der Waals surface area contributed by atoms with E-state index in [9.17, 15) is 0 Å². The standard InChI is InChI=1S/C17H17ClN4O/c1-23-14-4-2-13(3-5-14)21-8-10-22(11-9-21)17-7-6-15(18)16(12-19)20-17/h2-7H,8-11H2,1H3. The van der Waals surface area contributed by atoms with Crippen LogP contribution in [-0.2, 0) is 0 Å². The lowest BCUT2D eigenvalue weighted by atomic mass is 10.2. The van der Waals surface area contributed by atoms with Gasteiger partial charge >= 0.3 is 0 Å². The van der Waals surface area contributed by atoms with E-state index in [-0.39, 0.29) is 5.69 Å². The van der Waals surface area contributed by atoms with Gasteiger partial charge in [-0.15, -0.1) is 0 Å². The lowest BCUT2D eigenvalue weighted by molar-refractivity contribution is 0.415. The Hall–Kier alpha value is -2.45. The van der Waals surface area contributed by atoms with Gasteiger partial charge < -0.3 is 14.5 Å². The number of piperazine rings is 1. The number of nitrogens with zero attached hydrogens (tertiary/aromatic N) is 4. The Morgan fingerprint density at radius 2 is 1.70 bits per heavy atom. The Morgan fingerprint density at radius 3 is 2.30 bits per heavy atom. The Labute approximate surface area is 140 Å². The van der Waals surface area contributed by atoms with Gasteiger partial charge in [-0.1, -0.05) is 11.6 Å². The number of methoxy groups -OCH3 is 1. The number of pyridine rings is 1. The zero-order valence-corrected chi connectivity index (χ0v) is 13.6. The lowest BCUT2D eigenvalue weighted by Gasteiger charge is -2.36. The van der Waals surface area contributed by atoms with Gasteiger partial charge in [0, 0.05) is 31.9 Å². The Morgan fingerprint density at radius 1 is 1.04 bits per heavy atom. The normalized spacial score (nSPS) is 14.5. The first kappa shape index (κ1) is 15.4. The fourth-order valence-corrected chi connectivity index (χ4v) is 2.82. The molecular formula is C17H17ClN4O. The maximum Gasteiger partial charge on any atom is 0.161 e. The maximum atomic E-state index is 9.04. The van der Waals surface area contributed by atoms with E-state index in [2.05, 4.69) is 26.9 Å². The molecule has 23 heavy (non-hydrogen) atoms. The van der Waals surface area contributed by atoms with Crippen LogP contribution >= 0.6 is 11.6 Å². The molecule has 0 spiro atoms. The van der Waals surface area contributed by atoms with Gasteiger partial charge in [-0.2, -0.15) is 5.26 Å². The Kier molecular flexibility index (Phi) is 4.54. The van der Waals surface area contributed by atoms with Crippen molar-refractivity contribution in [3.63, 3.8) is 0 Å². The molecular weight excluding hydrogens is 312 g/mol. The summed E-state index contributed by atoms with van der Waals surface area (Å²) in [4.78, 5) is 8.84. The summed E-state index contributed by atoms with van der Waals surface area (Å²) >= 11 is 5.94. The zero-order valence-electron chi connectivity index (χ0n) is 12.9. The predicted molar refractivity (Wildman–Crippen MR) is 91.4 cm³/mol. The van der Waals surface area contributed by atoms with Gasteiger partial charge in [-0.25, -0.2) is 4.98 Å². The number of rotatable bonds is 3. The van der Waals surface area contributed by atoms with Crippen LogP contribution in [0.5, 0.6) is 5.75 Å². The van der Waals surface area contributed by atoms with Gasteiger partial charge in [-0.3, -0.25) is 0 Å². The van der Waals surface area contributed by atoms with Crippen LogP contribution in [0.4, 0.5) is 11.5 Å². The summed E-state index contributed by atoms with van der Waals surface area (Å²) in [5.41, 5.74) is 1.47. The molecule has 2 aromatic rings. The van der Waals surface area contributed by atoms with Crippen LogP contribution in [-0.4, -0.2) is 38.3 Å².